The van der Waals surface area contributed by atoms with E-state index in [1.54, 1.807) is 11.8 Å². The summed E-state index contributed by atoms with van der Waals surface area (Å²) in [6.07, 6.45) is 7.76. The molecular weight excluding hydrogens is 482 g/mol. The molecule has 8 heteroatoms. The Balaban J connectivity index is 1.89. The smallest absolute Gasteiger partial charge is 0.310 e. The molecule has 0 unspecified atom stereocenters. The maximum absolute atomic E-state index is 13.9. The van der Waals surface area contributed by atoms with Gasteiger partial charge in [0, 0.05) is 43.5 Å². The third-order valence-corrected chi connectivity index (χ3v) is 7.88. The van der Waals surface area contributed by atoms with Crippen LogP contribution in [0.4, 0.5) is 11.4 Å². The molecule has 1 aromatic rings. The summed E-state index contributed by atoms with van der Waals surface area (Å²) in [5.74, 6) is -2.46. The lowest BCUT2D eigenvalue weighted by Gasteiger charge is -2.33. The van der Waals surface area contributed by atoms with E-state index in [4.69, 9.17) is 4.74 Å². The van der Waals surface area contributed by atoms with Gasteiger partial charge in [-0.25, -0.2) is 0 Å². The van der Waals surface area contributed by atoms with E-state index in [0.29, 0.717) is 25.1 Å². The van der Waals surface area contributed by atoms with Crippen LogP contribution < -0.4 is 10.2 Å². The van der Waals surface area contributed by atoms with Gasteiger partial charge in [0.1, 0.15) is 6.04 Å². The van der Waals surface area contributed by atoms with E-state index in [0.717, 1.165) is 38.0 Å². The highest BCUT2D eigenvalue weighted by Crippen LogP contribution is 2.46. The minimum atomic E-state index is -0.708. The van der Waals surface area contributed by atoms with Crippen molar-refractivity contribution in [3.05, 3.63) is 36.4 Å². The lowest BCUT2D eigenvalue weighted by atomic mass is 9.69. The number of amides is 2. The Morgan fingerprint density at radius 3 is 2.34 bits per heavy atom. The molecular formula is C30H45N3O5. The van der Waals surface area contributed by atoms with Gasteiger partial charge in [0.05, 0.1) is 18.4 Å². The Morgan fingerprint density at radius 1 is 1.03 bits per heavy atom. The molecule has 5 atom stereocenters. The van der Waals surface area contributed by atoms with Gasteiger partial charge in [-0.3, -0.25) is 14.4 Å². The number of benzene rings is 1. The number of nitrogens with zero attached hydrogens (tertiary/aromatic N) is 2. The molecule has 0 saturated carbocycles. The molecule has 1 aromatic carbocycles. The van der Waals surface area contributed by atoms with Gasteiger partial charge >= 0.3 is 5.97 Å². The minimum Gasteiger partial charge on any atom is -0.466 e. The molecule has 0 spiro atoms. The lowest BCUT2D eigenvalue weighted by molar-refractivity contribution is -0.155. The first-order chi connectivity index (χ1) is 18.4. The van der Waals surface area contributed by atoms with Crippen LogP contribution >= 0.6 is 0 Å². The summed E-state index contributed by atoms with van der Waals surface area (Å²) >= 11 is 0. The Morgan fingerprint density at radius 2 is 1.74 bits per heavy atom. The molecule has 2 aliphatic rings. The summed E-state index contributed by atoms with van der Waals surface area (Å²) in [5, 5.41) is 12.2. The fraction of sp³-hybridized carbons (Fsp3) is 0.633. The predicted molar refractivity (Wildman–Crippen MR) is 150 cm³/mol. The van der Waals surface area contributed by atoms with Crippen LogP contribution in [-0.4, -0.2) is 66.7 Å². The Hall–Kier alpha value is -2.87. The summed E-state index contributed by atoms with van der Waals surface area (Å²) in [7, 11) is 0. The van der Waals surface area contributed by atoms with Gasteiger partial charge in [-0.1, -0.05) is 25.5 Å². The molecule has 1 heterocycles. The first-order valence-corrected chi connectivity index (χ1v) is 14.3. The molecule has 3 rings (SSSR count). The number of nitrogens with one attached hydrogen (secondary N) is 1. The highest BCUT2D eigenvalue weighted by atomic mass is 16.5. The van der Waals surface area contributed by atoms with Crippen molar-refractivity contribution in [1.82, 2.24) is 4.90 Å². The Labute approximate surface area is 227 Å². The second kappa shape index (κ2) is 14.3. The summed E-state index contributed by atoms with van der Waals surface area (Å²) in [6.45, 7) is 10.6. The summed E-state index contributed by atoms with van der Waals surface area (Å²) in [6, 6.07) is 7.05. The standard InChI is InChI=1S/C30H45N3O5/c1-5-12-21-13-18-24-26(25(21)30(37)38-8-4)29(36)33(19-10-9-11-20-34)27(24)28(35)31-22-14-16-23(17-15-22)32(6-2)7-3/h13-18,21,24-27,34H,5-12,19-20H2,1-4H3,(H,31,35)/t21-,24+,25-,26-,27+/m1/s1. The van der Waals surface area contributed by atoms with Crippen molar-refractivity contribution in [2.75, 3.05) is 43.1 Å². The second-order valence-corrected chi connectivity index (χ2v) is 10.2. The molecule has 0 aromatic heterocycles. The molecule has 1 fully saturated rings. The maximum atomic E-state index is 13.9. The number of hydrogen-bond acceptors (Lipinski definition) is 6. The van der Waals surface area contributed by atoms with Crippen molar-refractivity contribution in [3.8, 4) is 0 Å². The zero-order valence-electron chi connectivity index (χ0n) is 23.4. The monoisotopic (exact) mass is 527 g/mol. The molecule has 1 aliphatic carbocycles. The van der Waals surface area contributed by atoms with Gasteiger partial charge in [-0.15, -0.1) is 0 Å². The van der Waals surface area contributed by atoms with Crippen LogP contribution in [0.15, 0.2) is 36.4 Å². The van der Waals surface area contributed by atoms with Crippen LogP contribution in [0.1, 0.15) is 59.8 Å². The molecule has 38 heavy (non-hydrogen) atoms. The third kappa shape index (κ3) is 6.57. The van der Waals surface area contributed by atoms with Gasteiger partial charge in [0.25, 0.3) is 0 Å². The fourth-order valence-electron chi connectivity index (χ4n) is 6.04. The number of hydrogen-bond donors (Lipinski definition) is 2. The predicted octanol–water partition coefficient (Wildman–Crippen LogP) is 4.24. The average Bonchev–Trinajstić information content (AvgIpc) is 3.20. The van der Waals surface area contributed by atoms with Crippen LogP contribution in [0.2, 0.25) is 0 Å². The van der Waals surface area contributed by atoms with E-state index in [1.165, 1.54) is 0 Å². The quantitative estimate of drug-likeness (QED) is 0.213. The number of unbranched alkanes of at least 4 members (excludes halogenated alkanes) is 2. The average molecular weight is 528 g/mol. The Bertz CT molecular complexity index is 959. The van der Waals surface area contributed by atoms with Crippen molar-refractivity contribution in [2.45, 2.75) is 65.8 Å². The highest BCUT2D eigenvalue weighted by Gasteiger charge is 2.57. The van der Waals surface area contributed by atoms with E-state index in [-0.39, 0.29) is 36.9 Å². The van der Waals surface area contributed by atoms with Gasteiger partial charge in [-0.05, 0) is 76.6 Å². The van der Waals surface area contributed by atoms with Crippen molar-refractivity contribution in [1.29, 1.82) is 0 Å². The minimum absolute atomic E-state index is 0.0880. The normalized spacial score (nSPS) is 24.3. The summed E-state index contributed by atoms with van der Waals surface area (Å²) in [4.78, 5) is 44.6. The summed E-state index contributed by atoms with van der Waals surface area (Å²) in [5.41, 5.74) is 1.76. The second-order valence-electron chi connectivity index (χ2n) is 10.2. The number of fused-ring (bicyclic) bond motifs is 1. The van der Waals surface area contributed by atoms with Crippen LogP contribution in [0.5, 0.6) is 0 Å². The van der Waals surface area contributed by atoms with Gasteiger partial charge in [0.2, 0.25) is 11.8 Å². The molecule has 210 valence electrons. The zero-order valence-corrected chi connectivity index (χ0v) is 23.4. The molecule has 1 aliphatic heterocycles. The number of rotatable bonds is 14. The molecule has 2 amide bonds. The van der Waals surface area contributed by atoms with E-state index in [2.05, 4.69) is 31.0 Å². The number of anilines is 2. The van der Waals surface area contributed by atoms with E-state index >= 15 is 0 Å². The van der Waals surface area contributed by atoms with Crippen LogP contribution in [0, 0.1) is 23.7 Å². The molecule has 0 bridgehead atoms. The number of carbonyl (C=O) groups excluding carboxylic acids is 3. The number of aliphatic hydroxyl groups is 1. The SMILES string of the molecule is CCC[C@@H]1C=C[C@H]2[C@@H](C(=O)N(CCCCCO)[C@@H]2C(=O)Nc2ccc(N(CC)CC)cc2)[C@@H]1C(=O)OCC. The van der Waals surface area contributed by atoms with Crippen LogP contribution in [0.3, 0.4) is 0 Å². The van der Waals surface area contributed by atoms with Crippen LogP contribution in [0.25, 0.3) is 0 Å². The number of ether oxygens (including phenoxy) is 1. The van der Waals surface area contributed by atoms with E-state index in [9.17, 15) is 19.5 Å². The largest absolute Gasteiger partial charge is 0.466 e. The number of allylic oxidation sites excluding steroid dienone is 1. The molecule has 2 N–H and O–H groups in total. The van der Waals surface area contributed by atoms with Gasteiger partial charge in [0.15, 0.2) is 0 Å². The first kappa shape index (κ1) is 29.7. The topological polar surface area (TPSA) is 99.2 Å². The number of aliphatic hydroxyl groups excluding tert-OH is 1. The molecule has 8 nitrogen and oxygen atoms in total. The van der Waals surface area contributed by atoms with Crippen LogP contribution in [-0.2, 0) is 19.1 Å². The number of esters is 1. The first-order valence-electron chi connectivity index (χ1n) is 14.3. The maximum Gasteiger partial charge on any atom is 0.310 e. The lowest BCUT2D eigenvalue weighted by Crippen LogP contribution is -2.44. The zero-order chi connectivity index (χ0) is 27.7. The van der Waals surface area contributed by atoms with Crippen molar-refractivity contribution >= 4 is 29.2 Å². The number of carbonyl (C=O) groups is 3. The van der Waals surface area contributed by atoms with Crippen molar-refractivity contribution in [2.24, 2.45) is 23.7 Å². The highest BCUT2D eigenvalue weighted by molar-refractivity contribution is 6.01. The summed E-state index contributed by atoms with van der Waals surface area (Å²) < 4.78 is 5.43. The van der Waals surface area contributed by atoms with E-state index in [1.807, 2.05) is 36.4 Å². The van der Waals surface area contributed by atoms with Crippen molar-refractivity contribution < 1.29 is 24.2 Å². The van der Waals surface area contributed by atoms with Crippen molar-refractivity contribution in [3.63, 3.8) is 0 Å². The molecule has 1 saturated heterocycles. The Kier molecular flexibility index (Phi) is 11.2. The molecule has 0 radical (unpaired) electrons. The van der Waals surface area contributed by atoms with E-state index < -0.39 is 23.8 Å². The fourth-order valence-corrected chi connectivity index (χ4v) is 6.04. The van der Waals surface area contributed by atoms with Gasteiger partial charge in [-0.2, -0.15) is 0 Å². The third-order valence-electron chi connectivity index (χ3n) is 7.88. The number of likely N-dealkylation sites (tertiary alicyclic amines) is 1. The van der Waals surface area contributed by atoms with Gasteiger partial charge < -0.3 is 25.0 Å².